The largest absolute Gasteiger partial charge is 0.475 e. The van der Waals surface area contributed by atoms with Gasteiger partial charge in [-0.3, -0.25) is 10.1 Å². The van der Waals surface area contributed by atoms with Crippen LogP contribution in [-0.4, -0.2) is 39.7 Å². The fourth-order valence-electron chi connectivity index (χ4n) is 1.63. The topological polar surface area (TPSA) is 86.2 Å². The fourth-order valence-corrected chi connectivity index (χ4v) is 1.63. The van der Waals surface area contributed by atoms with Gasteiger partial charge in [0.2, 0.25) is 11.8 Å². The van der Waals surface area contributed by atoms with Gasteiger partial charge >= 0.3 is 0 Å². The van der Waals surface area contributed by atoms with Crippen molar-refractivity contribution < 1.29 is 14.3 Å². The third kappa shape index (κ3) is 5.99. The summed E-state index contributed by atoms with van der Waals surface area (Å²) in [6, 6.07) is 4.94. The van der Waals surface area contributed by atoms with Gasteiger partial charge in [0.15, 0.2) is 0 Å². The Morgan fingerprint density at radius 2 is 1.87 bits per heavy atom. The normalized spacial score (nSPS) is 11.1. The smallest absolute Gasteiger partial charge is 0.259 e. The lowest BCUT2D eigenvalue weighted by Crippen LogP contribution is -2.22. The molecule has 0 unspecified atom stereocenters. The zero-order valence-corrected chi connectivity index (χ0v) is 13.4. The maximum absolute atomic E-state index is 12.0. The maximum Gasteiger partial charge on any atom is 0.259 e. The Labute approximate surface area is 135 Å². The minimum absolute atomic E-state index is 0.196. The van der Waals surface area contributed by atoms with Crippen LogP contribution in [0, 0.1) is 0 Å². The molecule has 0 fully saturated rings. The molecule has 0 saturated heterocycles. The van der Waals surface area contributed by atoms with Gasteiger partial charge in [-0.1, -0.05) is 0 Å². The molecule has 0 spiro atoms. The molecule has 1 N–H and O–H groups in total. The second-order valence-electron chi connectivity index (χ2n) is 5.72. The number of carbonyl (C=O) groups excluding carboxylic acids is 1. The summed E-state index contributed by atoms with van der Waals surface area (Å²) < 4.78 is 11.0. The van der Waals surface area contributed by atoms with Gasteiger partial charge in [0.05, 0.1) is 17.8 Å². The summed E-state index contributed by atoms with van der Waals surface area (Å²) in [6.07, 6.45) is 4.55. The number of nitrogens with zero attached hydrogens (tertiary/aromatic N) is 3. The lowest BCUT2D eigenvalue weighted by atomic mass is 10.2. The molecule has 0 aromatic carbocycles. The van der Waals surface area contributed by atoms with Crippen molar-refractivity contribution >= 4 is 11.9 Å². The Balaban J connectivity index is 1.83. The SMILES string of the molecule is CC(C)(C)OCCOc1ccc(C(=O)Nc2ncccn2)cn1. The van der Waals surface area contributed by atoms with E-state index in [0.29, 0.717) is 24.7 Å². The molecule has 0 aliphatic carbocycles. The van der Waals surface area contributed by atoms with Crippen LogP contribution in [0.1, 0.15) is 31.1 Å². The number of nitrogens with one attached hydrogen (secondary N) is 1. The summed E-state index contributed by atoms with van der Waals surface area (Å²) in [4.78, 5) is 24.0. The number of pyridine rings is 1. The molecule has 0 aliphatic heterocycles. The summed E-state index contributed by atoms with van der Waals surface area (Å²) in [5.74, 6) is 0.360. The molecule has 23 heavy (non-hydrogen) atoms. The molecule has 0 radical (unpaired) electrons. The van der Waals surface area contributed by atoms with E-state index < -0.39 is 0 Å². The van der Waals surface area contributed by atoms with Crippen LogP contribution in [0.5, 0.6) is 5.88 Å². The standard InChI is InChI=1S/C16H20N4O3/c1-16(2,3)23-10-9-22-13-6-5-12(11-19-13)14(21)20-15-17-7-4-8-18-15/h4-8,11H,9-10H2,1-3H3,(H,17,18,20,21). The van der Waals surface area contributed by atoms with Crippen molar-refractivity contribution in [2.24, 2.45) is 0 Å². The van der Waals surface area contributed by atoms with Gasteiger partial charge in [-0.2, -0.15) is 0 Å². The first kappa shape index (κ1) is 16.8. The van der Waals surface area contributed by atoms with E-state index in [1.54, 1.807) is 30.6 Å². The third-order valence-electron chi connectivity index (χ3n) is 2.66. The van der Waals surface area contributed by atoms with Crippen LogP contribution in [-0.2, 0) is 4.74 Å². The number of aromatic nitrogens is 3. The van der Waals surface area contributed by atoms with Gasteiger partial charge < -0.3 is 9.47 Å². The molecule has 7 nitrogen and oxygen atoms in total. The number of rotatable bonds is 6. The molecular formula is C16H20N4O3. The Hall–Kier alpha value is -2.54. The number of ether oxygens (including phenoxy) is 2. The lowest BCUT2D eigenvalue weighted by molar-refractivity contribution is -0.0168. The van der Waals surface area contributed by atoms with Crippen molar-refractivity contribution in [3.63, 3.8) is 0 Å². The molecule has 0 saturated carbocycles. The maximum atomic E-state index is 12.0. The first-order valence-corrected chi connectivity index (χ1v) is 7.25. The highest BCUT2D eigenvalue weighted by molar-refractivity contribution is 6.03. The number of carbonyl (C=O) groups is 1. The average molecular weight is 316 g/mol. The van der Waals surface area contributed by atoms with Gasteiger partial charge in [0.1, 0.15) is 6.61 Å². The van der Waals surface area contributed by atoms with Crippen molar-refractivity contribution in [3.05, 3.63) is 42.4 Å². The fraction of sp³-hybridized carbons (Fsp3) is 0.375. The van der Waals surface area contributed by atoms with Crippen LogP contribution in [0.25, 0.3) is 0 Å². The van der Waals surface area contributed by atoms with Crippen LogP contribution in [0.4, 0.5) is 5.95 Å². The molecule has 0 bridgehead atoms. The number of amides is 1. The molecule has 0 aliphatic rings. The first-order chi connectivity index (χ1) is 10.9. The van der Waals surface area contributed by atoms with E-state index in [-0.39, 0.29) is 17.5 Å². The number of hydrogen-bond acceptors (Lipinski definition) is 6. The van der Waals surface area contributed by atoms with Crippen LogP contribution in [0.15, 0.2) is 36.8 Å². The van der Waals surface area contributed by atoms with E-state index in [4.69, 9.17) is 9.47 Å². The van der Waals surface area contributed by atoms with Crippen molar-refractivity contribution in [2.75, 3.05) is 18.5 Å². The molecule has 0 atom stereocenters. The van der Waals surface area contributed by atoms with Gasteiger partial charge in [-0.25, -0.2) is 15.0 Å². The zero-order chi connectivity index (χ0) is 16.7. The van der Waals surface area contributed by atoms with Gasteiger partial charge in [-0.15, -0.1) is 0 Å². The predicted molar refractivity (Wildman–Crippen MR) is 85.4 cm³/mol. The number of anilines is 1. The van der Waals surface area contributed by atoms with Gasteiger partial charge in [0, 0.05) is 24.7 Å². The molecule has 1 amide bonds. The average Bonchev–Trinajstić information content (AvgIpc) is 2.52. The predicted octanol–water partition coefficient (Wildman–Crippen LogP) is 2.32. The Morgan fingerprint density at radius 3 is 2.48 bits per heavy atom. The van der Waals surface area contributed by atoms with E-state index in [2.05, 4.69) is 20.3 Å². The molecule has 2 heterocycles. The molecular weight excluding hydrogens is 296 g/mol. The first-order valence-electron chi connectivity index (χ1n) is 7.25. The van der Waals surface area contributed by atoms with E-state index >= 15 is 0 Å². The van der Waals surface area contributed by atoms with Crippen LogP contribution < -0.4 is 10.1 Å². The van der Waals surface area contributed by atoms with Crippen LogP contribution >= 0.6 is 0 Å². The summed E-state index contributed by atoms with van der Waals surface area (Å²) in [6.45, 7) is 6.81. The molecule has 2 aromatic rings. The van der Waals surface area contributed by atoms with Crippen molar-refractivity contribution in [3.8, 4) is 5.88 Å². The minimum atomic E-state index is -0.327. The minimum Gasteiger partial charge on any atom is -0.475 e. The monoisotopic (exact) mass is 316 g/mol. The summed E-state index contributed by atoms with van der Waals surface area (Å²) in [5.41, 5.74) is 0.203. The summed E-state index contributed by atoms with van der Waals surface area (Å²) >= 11 is 0. The van der Waals surface area contributed by atoms with Gasteiger partial charge in [-0.05, 0) is 32.9 Å². The molecule has 122 valence electrons. The quantitative estimate of drug-likeness (QED) is 0.823. The van der Waals surface area contributed by atoms with Crippen molar-refractivity contribution in [1.29, 1.82) is 0 Å². The third-order valence-corrected chi connectivity index (χ3v) is 2.66. The second kappa shape index (κ2) is 7.64. The highest BCUT2D eigenvalue weighted by Crippen LogP contribution is 2.10. The Morgan fingerprint density at radius 1 is 1.13 bits per heavy atom. The van der Waals surface area contributed by atoms with E-state index in [0.717, 1.165) is 0 Å². The van der Waals surface area contributed by atoms with Crippen LogP contribution in [0.3, 0.4) is 0 Å². The Kier molecular flexibility index (Phi) is 5.59. The molecule has 7 heteroatoms. The highest BCUT2D eigenvalue weighted by atomic mass is 16.5. The summed E-state index contributed by atoms with van der Waals surface area (Å²) in [5, 5.41) is 2.58. The van der Waals surface area contributed by atoms with Crippen LogP contribution in [0.2, 0.25) is 0 Å². The summed E-state index contributed by atoms with van der Waals surface area (Å²) in [7, 11) is 0. The number of hydrogen-bond donors (Lipinski definition) is 1. The highest BCUT2D eigenvalue weighted by Gasteiger charge is 2.10. The van der Waals surface area contributed by atoms with E-state index in [9.17, 15) is 4.79 Å². The van der Waals surface area contributed by atoms with E-state index in [1.807, 2.05) is 20.8 Å². The Bertz CT molecular complexity index is 624. The van der Waals surface area contributed by atoms with E-state index in [1.165, 1.54) is 6.20 Å². The zero-order valence-electron chi connectivity index (χ0n) is 13.4. The van der Waals surface area contributed by atoms with Crippen molar-refractivity contribution in [2.45, 2.75) is 26.4 Å². The lowest BCUT2D eigenvalue weighted by Gasteiger charge is -2.19. The van der Waals surface area contributed by atoms with Crippen molar-refractivity contribution in [1.82, 2.24) is 15.0 Å². The second-order valence-corrected chi connectivity index (χ2v) is 5.72. The molecule has 2 aromatic heterocycles. The molecule has 2 rings (SSSR count). The van der Waals surface area contributed by atoms with Gasteiger partial charge in [0.25, 0.3) is 5.91 Å².